The molecule has 17 heavy (non-hydrogen) atoms. The van der Waals surface area contributed by atoms with Crippen molar-refractivity contribution in [1.29, 1.82) is 0 Å². The standard InChI is InChI=1S/C13H17ClN2O/c1-13(2,15)12(17)16-11-7-6-8-9(11)4-3-5-10(8)14/h3-5,11H,6-7,15H2,1-2H3,(H,16,17). The van der Waals surface area contributed by atoms with Crippen molar-refractivity contribution in [2.75, 3.05) is 0 Å². The van der Waals surface area contributed by atoms with E-state index in [-0.39, 0.29) is 11.9 Å². The molecule has 1 aliphatic carbocycles. The van der Waals surface area contributed by atoms with Gasteiger partial charge in [-0.2, -0.15) is 0 Å². The van der Waals surface area contributed by atoms with Gasteiger partial charge >= 0.3 is 0 Å². The molecule has 0 spiro atoms. The Labute approximate surface area is 106 Å². The second-order valence-electron chi connectivity index (χ2n) is 5.09. The van der Waals surface area contributed by atoms with Crippen LogP contribution in [0.4, 0.5) is 0 Å². The Hall–Kier alpha value is -1.06. The molecule has 0 saturated carbocycles. The minimum absolute atomic E-state index is 0.0408. The van der Waals surface area contributed by atoms with Crippen molar-refractivity contribution in [2.24, 2.45) is 5.73 Å². The summed E-state index contributed by atoms with van der Waals surface area (Å²) >= 11 is 6.12. The van der Waals surface area contributed by atoms with E-state index in [9.17, 15) is 4.79 Å². The molecule has 1 aliphatic rings. The smallest absolute Gasteiger partial charge is 0.239 e. The van der Waals surface area contributed by atoms with E-state index in [1.807, 2.05) is 18.2 Å². The molecule has 0 heterocycles. The fourth-order valence-corrected chi connectivity index (χ4v) is 2.38. The predicted molar refractivity (Wildman–Crippen MR) is 68.9 cm³/mol. The third kappa shape index (κ3) is 2.45. The second kappa shape index (κ2) is 4.31. The van der Waals surface area contributed by atoms with Gasteiger partial charge in [-0.1, -0.05) is 23.7 Å². The molecule has 1 amide bonds. The molecule has 1 atom stereocenters. The van der Waals surface area contributed by atoms with Gasteiger partial charge in [0, 0.05) is 5.02 Å². The van der Waals surface area contributed by atoms with Crippen molar-refractivity contribution in [3.05, 3.63) is 34.3 Å². The van der Waals surface area contributed by atoms with E-state index >= 15 is 0 Å². The molecule has 3 nitrogen and oxygen atoms in total. The molecule has 4 heteroatoms. The minimum Gasteiger partial charge on any atom is -0.348 e. The normalized spacial score (nSPS) is 18.9. The number of nitrogens with two attached hydrogens (primary N) is 1. The average Bonchev–Trinajstić information content (AvgIpc) is 2.62. The minimum atomic E-state index is -0.846. The zero-order valence-electron chi connectivity index (χ0n) is 10.1. The van der Waals surface area contributed by atoms with Crippen LogP contribution in [-0.2, 0) is 11.2 Å². The molecule has 0 bridgehead atoms. The maximum absolute atomic E-state index is 11.8. The van der Waals surface area contributed by atoms with Gasteiger partial charge in [0.15, 0.2) is 0 Å². The summed E-state index contributed by atoms with van der Waals surface area (Å²) in [4.78, 5) is 11.8. The van der Waals surface area contributed by atoms with E-state index in [0.29, 0.717) is 0 Å². The number of amides is 1. The van der Waals surface area contributed by atoms with E-state index in [1.165, 1.54) is 0 Å². The van der Waals surface area contributed by atoms with Gasteiger partial charge in [-0.15, -0.1) is 0 Å². The Morgan fingerprint density at radius 3 is 2.88 bits per heavy atom. The van der Waals surface area contributed by atoms with Crippen LogP contribution in [-0.4, -0.2) is 11.4 Å². The summed E-state index contributed by atoms with van der Waals surface area (Å²) < 4.78 is 0. The van der Waals surface area contributed by atoms with Crippen LogP contribution in [0.15, 0.2) is 18.2 Å². The first kappa shape index (κ1) is 12.4. The molecule has 1 unspecified atom stereocenters. The summed E-state index contributed by atoms with van der Waals surface area (Å²) in [5, 5.41) is 3.76. The fraction of sp³-hybridized carbons (Fsp3) is 0.462. The second-order valence-corrected chi connectivity index (χ2v) is 5.50. The number of hydrogen-bond donors (Lipinski definition) is 2. The zero-order valence-corrected chi connectivity index (χ0v) is 10.8. The Morgan fingerprint density at radius 2 is 2.24 bits per heavy atom. The van der Waals surface area contributed by atoms with Gasteiger partial charge in [0.2, 0.25) is 5.91 Å². The summed E-state index contributed by atoms with van der Waals surface area (Å²) in [6.07, 6.45) is 1.80. The highest BCUT2D eigenvalue weighted by Crippen LogP contribution is 2.35. The van der Waals surface area contributed by atoms with Crippen LogP contribution in [0.5, 0.6) is 0 Å². The van der Waals surface area contributed by atoms with Crippen molar-refractivity contribution in [3.8, 4) is 0 Å². The van der Waals surface area contributed by atoms with Crippen LogP contribution in [0.3, 0.4) is 0 Å². The third-order valence-electron chi connectivity index (χ3n) is 3.10. The molecule has 0 saturated heterocycles. The van der Waals surface area contributed by atoms with Crippen molar-refractivity contribution in [2.45, 2.75) is 38.3 Å². The molecule has 2 rings (SSSR count). The quantitative estimate of drug-likeness (QED) is 0.848. The Morgan fingerprint density at radius 1 is 1.53 bits per heavy atom. The summed E-state index contributed by atoms with van der Waals surface area (Å²) in [7, 11) is 0. The van der Waals surface area contributed by atoms with E-state index in [2.05, 4.69) is 5.32 Å². The summed E-state index contributed by atoms with van der Waals surface area (Å²) in [6.45, 7) is 3.41. The highest BCUT2D eigenvalue weighted by atomic mass is 35.5. The van der Waals surface area contributed by atoms with Gasteiger partial charge in [0.1, 0.15) is 0 Å². The van der Waals surface area contributed by atoms with Crippen molar-refractivity contribution < 1.29 is 4.79 Å². The molecule has 0 aliphatic heterocycles. The first-order valence-corrected chi connectivity index (χ1v) is 6.14. The number of nitrogens with one attached hydrogen (secondary N) is 1. The van der Waals surface area contributed by atoms with Gasteiger partial charge < -0.3 is 11.1 Å². The van der Waals surface area contributed by atoms with Crippen LogP contribution in [0.1, 0.15) is 37.4 Å². The number of hydrogen-bond acceptors (Lipinski definition) is 2. The number of halogens is 1. The molecule has 1 aromatic rings. The highest BCUT2D eigenvalue weighted by molar-refractivity contribution is 6.31. The molecule has 0 fully saturated rings. The number of rotatable bonds is 2. The lowest BCUT2D eigenvalue weighted by Crippen LogP contribution is -2.49. The largest absolute Gasteiger partial charge is 0.348 e. The van der Waals surface area contributed by atoms with Gasteiger partial charge in [-0.3, -0.25) is 4.79 Å². The first-order chi connectivity index (χ1) is 7.89. The Balaban J connectivity index is 2.18. The van der Waals surface area contributed by atoms with Crippen molar-refractivity contribution in [1.82, 2.24) is 5.32 Å². The molecule has 3 N–H and O–H groups in total. The predicted octanol–water partition coefficient (Wildman–Crippen LogP) is 2.18. The van der Waals surface area contributed by atoms with Crippen LogP contribution < -0.4 is 11.1 Å². The van der Waals surface area contributed by atoms with Crippen LogP contribution in [0, 0.1) is 0 Å². The van der Waals surface area contributed by atoms with Crippen LogP contribution >= 0.6 is 11.6 Å². The molecular weight excluding hydrogens is 236 g/mol. The van der Waals surface area contributed by atoms with Crippen molar-refractivity contribution in [3.63, 3.8) is 0 Å². The number of benzene rings is 1. The monoisotopic (exact) mass is 252 g/mol. The molecule has 92 valence electrons. The third-order valence-corrected chi connectivity index (χ3v) is 3.46. The average molecular weight is 253 g/mol. The maximum atomic E-state index is 11.8. The van der Waals surface area contributed by atoms with Crippen molar-refractivity contribution >= 4 is 17.5 Å². The topological polar surface area (TPSA) is 55.1 Å². The molecular formula is C13H17ClN2O. The SMILES string of the molecule is CC(C)(N)C(=O)NC1CCc2c(Cl)cccc21. The highest BCUT2D eigenvalue weighted by Gasteiger charge is 2.29. The first-order valence-electron chi connectivity index (χ1n) is 5.76. The maximum Gasteiger partial charge on any atom is 0.239 e. The summed E-state index contributed by atoms with van der Waals surface area (Å²) in [5.41, 5.74) is 7.19. The van der Waals surface area contributed by atoms with E-state index in [1.54, 1.807) is 13.8 Å². The van der Waals surface area contributed by atoms with E-state index in [0.717, 1.165) is 29.0 Å². The van der Waals surface area contributed by atoms with E-state index in [4.69, 9.17) is 17.3 Å². The zero-order chi connectivity index (χ0) is 12.6. The van der Waals surface area contributed by atoms with E-state index < -0.39 is 5.54 Å². The molecule has 0 radical (unpaired) electrons. The van der Waals surface area contributed by atoms with Gasteiger partial charge in [0.25, 0.3) is 0 Å². The van der Waals surface area contributed by atoms with Crippen LogP contribution in [0.2, 0.25) is 5.02 Å². The number of carbonyl (C=O) groups excluding carboxylic acids is 1. The van der Waals surface area contributed by atoms with Crippen LogP contribution in [0.25, 0.3) is 0 Å². The summed E-state index contributed by atoms with van der Waals surface area (Å²) in [6, 6.07) is 5.86. The summed E-state index contributed by atoms with van der Waals surface area (Å²) in [5.74, 6) is -0.129. The lowest BCUT2D eigenvalue weighted by Gasteiger charge is -2.22. The van der Waals surface area contributed by atoms with Gasteiger partial charge in [-0.05, 0) is 43.9 Å². The lowest BCUT2D eigenvalue weighted by atomic mass is 10.0. The van der Waals surface area contributed by atoms with Gasteiger partial charge in [-0.25, -0.2) is 0 Å². The molecule has 0 aromatic heterocycles. The fourth-order valence-electron chi connectivity index (χ4n) is 2.10. The number of carbonyl (C=O) groups is 1. The Bertz CT molecular complexity index is 451. The Kier molecular flexibility index (Phi) is 3.15. The van der Waals surface area contributed by atoms with Gasteiger partial charge in [0.05, 0.1) is 11.6 Å². The number of fused-ring (bicyclic) bond motifs is 1. The lowest BCUT2D eigenvalue weighted by molar-refractivity contribution is -0.126. The molecule has 1 aromatic carbocycles.